The third-order valence-corrected chi connectivity index (χ3v) is 2.74. The second-order valence-corrected chi connectivity index (χ2v) is 4.09. The van der Waals surface area contributed by atoms with Crippen LogP contribution in [0, 0.1) is 0 Å². The number of hydrogen-bond donors (Lipinski definition) is 1. The molecule has 0 saturated heterocycles. The molecule has 14 heavy (non-hydrogen) atoms. The van der Waals surface area contributed by atoms with Crippen molar-refractivity contribution < 1.29 is 9.53 Å². The Morgan fingerprint density at radius 2 is 2.07 bits per heavy atom. The molecule has 1 rings (SSSR count). The Balaban J connectivity index is 2.24. The van der Waals surface area contributed by atoms with Gasteiger partial charge < -0.3 is 10.5 Å². The van der Waals surface area contributed by atoms with Gasteiger partial charge in [0.25, 0.3) is 0 Å². The van der Waals surface area contributed by atoms with E-state index in [2.05, 4.69) is 0 Å². The lowest BCUT2D eigenvalue weighted by Gasteiger charge is -2.23. The minimum Gasteiger partial charge on any atom is -0.461 e. The molecular formula is C11H21NO2. The van der Waals surface area contributed by atoms with E-state index in [9.17, 15) is 4.79 Å². The Bertz CT molecular complexity index is 176. The first-order valence-electron chi connectivity index (χ1n) is 5.70. The van der Waals surface area contributed by atoms with Gasteiger partial charge in [-0.05, 0) is 32.1 Å². The minimum atomic E-state index is -0.415. The molecule has 0 spiro atoms. The predicted molar refractivity (Wildman–Crippen MR) is 55.8 cm³/mol. The first-order chi connectivity index (χ1) is 6.74. The van der Waals surface area contributed by atoms with E-state index < -0.39 is 6.04 Å². The molecule has 1 atom stereocenters. The van der Waals surface area contributed by atoms with Crippen LogP contribution in [-0.2, 0) is 9.53 Å². The van der Waals surface area contributed by atoms with Crippen molar-refractivity contribution in [3.8, 4) is 0 Å². The summed E-state index contributed by atoms with van der Waals surface area (Å²) in [4.78, 5) is 11.5. The number of esters is 1. The van der Waals surface area contributed by atoms with Crippen molar-refractivity contribution in [2.45, 2.75) is 64.0 Å². The minimum absolute atomic E-state index is 0.138. The first-order valence-corrected chi connectivity index (χ1v) is 5.70. The van der Waals surface area contributed by atoms with Gasteiger partial charge in [-0.1, -0.05) is 19.8 Å². The van der Waals surface area contributed by atoms with Crippen LogP contribution < -0.4 is 5.73 Å². The van der Waals surface area contributed by atoms with Crippen molar-refractivity contribution >= 4 is 5.97 Å². The van der Waals surface area contributed by atoms with Crippen LogP contribution in [0.1, 0.15) is 51.9 Å². The third-order valence-electron chi connectivity index (χ3n) is 2.74. The fraction of sp³-hybridized carbons (Fsp3) is 0.909. The average molecular weight is 199 g/mol. The lowest BCUT2D eigenvalue weighted by Crippen LogP contribution is -2.35. The topological polar surface area (TPSA) is 52.3 Å². The summed E-state index contributed by atoms with van der Waals surface area (Å²) >= 11 is 0. The maximum absolute atomic E-state index is 11.5. The summed E-state index contributed by atoms with van der Waals surface area (Å²) in [6.45, 7) is 2.02. The number of carbonyl (C=O) groups excluding carboxylic acids is 1. The highest BCUT2D eigenvalue weighted by atomic mass is 16.5. The van der Waals surface area contributed by atoms with E-state index in [1.165, 1.54) is 19.3 Å². The van der Waals surface area contributed by atoms with Gasteiger partial charge in [0.15, 0.2) is 0 Å². The molecule has 0 amide bonds. The molecule has 1 aliphatic carbocycles. The van der Waals surface area contributed by atoms with Gasteiger partial charge in [0.2, 0.25) is 0 Å². The van der Waals surface area contributed by atoms with Crippen molar-refractivity contribution in [3.63, 3.8) is 0 Å². The van der Waals surface area contributed by atoms with Gasteiger partial charge in [0.1, 0.15) is 12.1 Å². The number of rotatable bonds is 4. The molecule has 0 unspecified atom stereocenters. The normalized spacial score (nSPS) is 20.4. The standard InChI is InChI=1S/C11H21NO2/c1-2-6-10(12)11(13)14-9-7-4-3-5-8-9/h9-10H,2-8,12H2,1H3/t10-/m1/s1. The van der Waals surface area contributed by atoms with Crippen molar-refractivity contribution in [2.75, 3.05) is 0 Å². The van der Waals surface area contributed by atoms with Gasteiger partial charge >= 0.3 is 5.97 Å². The first kappa shape index (κ1) is 11.5. The molecule has 0 aromatic heterocycles. The molecule has 3 heteroatoms. The fourth-order valence-electron chi connectivity index (χ4n) is 1.86. The summed E-state index contributed by atoms with van der Waals surface area (Å²) in [6, 6.07) is -0.415. The van der Waals surface area contributed by atoms with Gasteiger partial charge in [0.05, 0.1) is 0 Å². The summed E-state index contributed by atoms with van der Waals surface area (Å²) in [6.07, 6.45) is 7.47. The largest absolute Gasteiger partial charge is 0.461 e. The Morgan fingerprint density at radius 3 is 2.64 bits per heavy atom. The lowest BCUT2D eigenvalue weighted by molar-refractivity contribution is -0.152. The second-order valence-electron chi connectivity index (χ2n) is 4.09. The average Bonchev–Trinajstić information content (AvgIpc) is 2.19. The van der Waals surface area contributed by atoms with E-state index in [0.29, 0.717) is 0 Å². The summed E-state index contributed by atoms with van der Waals surface area (Å²) in [5.41, 5.74) is 5.67. The quantitative estimate of drug-likeness (QED) is 0.704. The molecular weight excluding hydrogens is 178 g/mol. The van der Waals surface area contributed by atoms with Gasteiger partial charge in [-0.25, -0.2) is 0 Å². The van der Waals surface area contributed by atoms with Gasteiger partial charge in [0, 0.05) is 0 Å². The molecule has 0 aliphatic heterocycles. The van der Waals surface area contributed by atoms with Crippen LogP contribution in [0.4, 0.5) is 0 Å². The molecule has 0 radical (unpaired) electrons. The summed E-state index contributed by atoms with van der Waals surface area (Å²) < 4.78 is 5.34. The van der Waals surface area contributed by atoms with E-state index >= 15 is 0 Å². The Hall–Kier alpha value is -0.570. The summed E-state index contributed by atoms with van der Waals surface area (Å²) in [5.74, 6) is -0.209. The zero-order chi connectivity index (χ0) is 10.4. The van der Waals surface area contributed by atoms with Crippen LogP contribution in [0.3, 0.4) is 0 Å². The van der Waals surface area contributed by atoms with Crippen LogP contribution in [0.15, 0.2) is 0 Å². The Labute approximate surface area is 86.0 Å². The lowest BCUT2D eigenvalue weighted by atomic mass is 9.98. The van der Waals surface area contributed by atoms with Crippen LogP contribution in [0.2, 0.25) is 0 Å². The molecule has 0 heterocycles. The van der Waals surface area contributed by atoms with E-state index in [-0.39, 0.29) is 12.1 Å². The zero-order valence-electron chi connectivity index (χ0n) is 9.00. The number of ether oxygens (including phenoxy) is 1. The zero-order valence-corrected chi connectivity index (χ0v) is 9.00. The summed E-state index contributed by atoms with van der Waals surface area (Å²) in [7, 11) is 0. The van der Waals surface area contributed by atoms with Crippen LogP contribution in [-0.4, -0.2) is 18.1 Å². The monoisotopic (exact) mass is 199 g/mol. The van der Waals surface area contributed by atoms with Crippen LogP contribution in [0.5, 0.6) is 0 Å². The maximum Gasteiger partial charge on any atom is 0.323 e. The second kappa shape index (κ2) is 6.02. The van der Waals surface area contributed by atoms with Crippen molar-refractivity contribution in [3.05, 3.63) is 0 Å². The van der Waals surface area contributed by atoms with Crippen molar-refractivity contribution in [1.29, 1.82) is 0 Å². The predicted octanol–water partition coefficient (Wildman–Crippen LogP) is 1.99. The van der Waals surface area contributed by atoms with Gasteiger partial charge in [-0.2, -0.15) is 0 Å². The number of carbonyl (C=O) groups is 1. The van der Waals surface area contributed by atoms with Crippen molar-refractivity contribution in [2.24, 2.45) is 5.73 Å². The molecule has 0 aromatic rings. The summed E-state index contributed by atoms with van der Waals surface area (Å²) in [5, 5.41) is 0. The van der Waals surface area contributed by atoms with Gasteiger partial charge in [-0.3, -0.25) is 4.79 Å². The number of nitrogens with two attached hydrogens (primary N) is 1. The highest BCUT2D eigenvalue weighted by Crippen LogP contribution is 2.20. The van der Waals surface area contributed by atoms with E-state index in [0.717, 1.165) is 25.7 Å². The smallest absolute Gasteiger partial charge is 0.323 e. The molecule has 1 saturated carbocycles. The molecule has 3 nitrogen and oxygen atoms in total. The number of hydrogen-bond acceptors (Lipinski definition) is 3. The molecule has 82 valence electrons. The maximum atomic E-state index is 11.5. The molecule has 0 aromatic carbocycles. The fourth-order valence-corrected chi connectivity index (χ4v) is 1.86. The molecule has 0 bridgehead atoms. The molecule has 2 N–H and O–H groups in total. The Morgan fingerprint density at radius 1 is 1.43 bits per heavy atom. The van der Waals surface area contributed by atoms with Crippen LogP contribution in [0.25, 0.3) is 0 Å². The molecule has 1 aliphatic rings. The highest BCUT2D eigenvalue weighted by Gasteiger charge is 2.21. The van der Waals surface area contributed by atoms with E-state index in [1.54, 1.807) is 0 Å². The van der Waals surface area contributed by atoms with E-state index in [4.69, 9.17) is 10.5 Å². The highest BCUT2D eigenvalue weighted by molar-refractivity contribution is 5.75. The van der Waals surface area contributed by atoms with E-state index in [1.807, 2.05) is 6.92 Å². The third kappa shape index (κ3) is 3.66. The van der Waals surface area contributed by atoms with Crippen molar-refractivity contribution in [1.82, 2.24) is 0 Å². The Kier molecular flexibility index (Phi) is 4.94. The molecule has 1 fully saturated rings. The van der Waals surface area contributed by atoms with Crippen LogP contribution >= 0.6 is 0 Å². The van der Waals surface area contributed by atoms with Gasteiger partial charge in [-0.15, -0.1) is 0 Å². The SMILES string of the molecule is CCC[C@@H](N)C(=O)OC1CCCCC1.